The molecule has 1 aliphatic carbocycles. The highest BCUT2D eigenvalue weighted by molar-refractivity contribution is 5.15. The van der Waals surface area contributed by atoms with Crippen LogP contribution in [0.3, 0.4) is 0 Å². The Bertz CT molecular complexity index is 563. The molecule has 5 heteroatoms. The van der Waals surface area contributed by atoms with E-state index in [9.17, 15) is 0 Å². The Labute approximate surface area is 120 Å². The zero-order valence-corrected chi connectivity index (χ0v) is 12.3. The normalized spacial score (nSPS) is 16.1. The van der Waals surface area contributed by atoms with Gasteiger partial charge in [0, 0.05) is 43.7 Å². The van der Waals surface area contributed by atoms with Crippen LogP contribution in [-0.4, -0.2) is 19.6 Å². The standard InChI is InChI=1S/C15H23N5/c1-12-14(11-19(2)18-12)9-16-7-13-8-17-20(10-13)15-5-3-4-6-15/h8,10-11,15-16H,3-7,9H2,1-2H3. The minimum atomic E-state index is 0.629. The van der Waals surface area contributed by atoms with Gasteiger partial charge in [-0.05, 0) is 19.8 Å². The van der Waals surface area contributed by atoms with E-state index in [0.29, 0.717) is 6.04 Å². The summed E-state index contributed by atoms with van der Waals surface area (Å²) in [5.41, 5.74) is 3.62. The number of rotatable bonds is 5. The van der Waals surface area contributed by atoms with E-state index in [4.69, 9.17) is 0 Å². The second-order valence-corrected chi connectivity index (χ2v) is 5.78. The quantitative estimate of drug-likeness (QED) is 0.909. The lowest BCUT2D eigenvalue weighted by molar-refractivity contribution is 0.466. The van der Waals surface area contributed by atoms with Gasteiger partial charge < -0.3 is 5.32 Å². The molecular formula is C15H23N5. The molecule has 0 atom stereocenters. The van der Waals surface area contributed by atoms with Crippen molar-refractivity contribution < 1.29 is 0 Å². The van der Waals surface area contributed by atoms with Gasteiger partial charge in [0.15, 0.2) is 0 Å². The summed E-state index contributed by atoms with van der Waals surface area (Å²) in [6.07, 6.45) is 11.5. The fourth-order valence-corrected chi connectivity index (χ4v) is 3.00. The first-order valence-electron chi connectivity index (χ1n) is 7.45. The summed E-state index contributed by atoms with van der Waals surface area (Å²) < 4.78 is 4.02. The summed E-state index contributed by atoms with van der Waals surface area (Å²) in [6.45, 7) is 3.77. The van der Waals surface area contributed by atoms with Gasteiger partial charge in [-0.2, -0.15) is 10.2 Å². The Kier molecular flexibility index (Phi) is 3.87. The van der Waals surface area contributed by atoms with Crippen LogP contribution in [0.25, 0.3) is 0 Å². The first kappa shape index (κ1) is 13.4. The summed E-state index contributed by atoms with van der Waals surface area (Å²) in [7, 11) is 1.96. The van der Waals surface area contributed by atoms with E-state index in [-0.39, 0.29) is 0 Å². The lowest BCUT2D eigenvalue weighted by Crippen LogP contribution is -2.12. The Morgan fingerprint density at radius 3 is 2.75 bits per heavy atom. The molecule has 2 aromatic heterocycles. The van der Waals surface area contributed by atoms with Gasteiger partial charge in [0.05, 0.1) is 17.9 Å². The Morgan fingerprint density at radius 2 is 2.05 bits per heavy atom. The topological polar surface area (TPSA) is 47.7 Å². The first-order chi connectivity index (χ1) is 9.72. The predicted molar refractivity (Wildman–Crippen MR) is 78.2 cm³/mol. The third-order valence-electron chi connectivity index (χ3n) is 4.11. The van der Waals surface area contributed by atoms with E-state index >= 15 is 0 Å². The molecule has 0 aliphatic heterocycles. The van der Waals surface area contributed by atoms with Crippen molar-refractivity contribution in [2.45, 2.75) is 51.7 Å². The fraction of sp³-hybridized carbons (Fsp3) is 0.600. The number of aromatic nitrogens is 4. The number of hydrogen-bond donors (Lipinski definition) is 1. The lowest BCUT2D eigenvalue weighted by atomic mass is 10.2. The Hall–Kier alpha value is -1.62. The molecule has 2 aromatic rings. The molecule has 108 valence electrons. The van der Waals surface area contributed by atoms with Gasteiger partial charge in [-0.3, -0.25) is 9.36 Å². The van der Waals surface area contributed by atoms with Crippen molar-refractivity contribution in [3.05, 3.63) is 35.4 Å². The third kappa shape index (κ3) is 2.93. The highest BCUT2D eigenvalue weighted by Gasteiger charge is 2.17. The van der Waals surface area contributed by atoms with Crippen LogP contribution in [0.2, 0.25) is 0 Å². The Morgan fingerprint density at radius 1 is 1.25 bits per heavy atom. The van der Waals surface area contributed by atoms with Gasteiger partial charge in [0.1, 0.15) is 0 Å². The summed E-state index contributed by atoms with van der Waals surface area (Å²) in [5.74, 6) is 0. The van der Waals surface area contributed by atoms with Crippen molar-refractivity contribution in [3.63, 3.8) is 0 Å². The average Bonchev–Trinajstić information content (AvgIpc) is 3.12. The molecule has 5 nitrogen and oxygen atoms in total. The maximum Gasteiger partial charge on any atom is 0.0638 e. The molecule has 0 amide bonds. The minimum Gasteiger partial charge on any atom is -0.308 e. The third-order valence-corrected chi connectivity index (χ3v) is 4.11. The van der Waals surface area contributed by atoms with Gasteiger partial charge in [-0.1, -0.05) is 12.8 Å². The van der Waals surface area contributed by atoms with Crippen LogP contribution in [0.4, 0.5) is 0 Å². The highest BCUT2D eigenvalue weighted by atomic mass is 15.3. The molecule has 0 aromatic carbocycles. The summed E-state index contributed by atoms with van der Waals surface area (Å²) in [5, 5.41) is 12.3. The van der Waals surface area contributed by atoms with Crippen LogP contribution in [-0.2, 0) is 20.1 Å². The predicted octanol–water partition coefficient (Wildman–Crippen LogP) is 2.33. The molecule has 0 bridgehead atoms. The maximum atomic E-state index is 4.51. The molecule has 0 unspecified atom stereocenters. The number of nitrogens with one attached hydrogen (secondary N) is 1. The van der Waals surface area contributed by atoms with E-state index in [0.717, 1.165) is 18.8 Å². The second kappa shape index (κ2) is 5.79. The largest absolute Gasteiger partial charge is 0.308 e. The molecule has 3 rings (SSSR count). The summed E-state index contributed by atoms with van der Waals surface area (Å²) in [4.78, 5) is 0. The van der Waals surface area contributed by atoms with Crippen molar-refractivity contribution in [3.8, 4) is 0 Å². The molecule has 0 saturated heterocycles. The molecule has 0 radical (unpaired) electrons. The zero-order chi connectivity index (χ0) is 13.9. The van der Waals surface area contributed by atoms with Crippen LogP contribution < -0.4 is 5.32 Å². The number of nitrogens with zero attached hydrogens (tertiary/aromatic N) is 4. The maximum absolute atomic E-state index is 4.51. The van der Waals surface area contributed by atoms with E-state index < -0.39 is 0 Å². The van der Waals surface area contributed by atoms with Gasteiger partial charge in [-0.25, -0.2) is 0 Å². The molecule has 2 heterocycles. The molecule has 1 N–H and O–H groups in total. The van der Waals surface area contributed by atoms with Gasteiger partial charge >= 0.3 is 0 Å². The van der Waals surface area contributed by atoms with E-state index in [2.05, 4.69) is 39.5 Å². The van der Waals surface area contributed by atoms with Gasteiger partial charge in [0.2, 0.25) is 0 Å². The SMILES string of the molecule is Cc1nn(C)cc1CNCc1cnn(C2CCCC2)c1. The van der Waals surface area contributed by atoms with E-state index in [1.165, 1.54) is 36.8 Å². The van der Waals surface area contributed by atoms with Crippen molar-refractivity contribution in [1.82, 2.24) is 24.9 Å². The van der Waals surface area contributed by atoms with Crippen molar-refractivity contribution in [1.29, 1.82) is 0 Å². The van der Waals surface area contributed by atoms with Gasteiger partial charge in [-0.15, -0.1) is 0 Å². The van der Waals surface area contributed by atoms with Crippen molar-refractivity contribution >= 4 is 0 Å². The van der Waals surface area contributed by atoms with Crippen LogP contribution in [0.1, 0.15) is 48.5 Å². The lowest BCUT2D eigenvalue weighted by Gasteiger charge is -2.08. The van der Waals surface area contributed by atoms with Crippen LogP contribution in [0.5, 0.6) is 0 Å². The average molecular weight is 273 g/mol. The van der Waals surface area contributed by atoms with Crippen molar-refractivity contribution in [2.24, 2.45) is 7.05 Å². The van der Waals surface area contributed by atoms with Crippen LogP contribution in [0, 0.1) is 6.92 Å². The highest BCUT2D eigenvalue weighted by Crippen LogP contribution is 2.28. The Balaban J connectivity index is 1.52. The molecule has 1 saturated carbocycles. The molecule has 1 aliphatic rings. The van der Waals surface area contributed by atoms with Gasteiger partial charge in [0.25, 0.3) is 0 Å². The van der Waals surface area contributed by atoms with Crippen LogP contribution >= 0.6 is 0 Å². The smallest absolute Gasteiger partial charge is 0.0638 e. The first-order valence-corrected chi connectivity index (χ1v) is 7.45. The van der Waals surface area contributed by atoms with E-state index in [1.807, 2.05) is 17.9 Å². The zero-order valence-electron chi connectivity index (χ0n) is 12.3. The second-order valence-electron chi connectivity index (χ2n) is 5.78. The minimum absolute atomic E-state index is 0.629. The molecule has 1 fully saturated rings. The fourth-order valence-electron chi connectivity index (χ4n) is 3.00. The van der Waals surface area contributed by atoms with Crippen molar-refractivity contribution in [2.75, 3.05) is 0 Å². The molecular weight excluding hydrogens is 250 g/mol. The van der Waals surface area contributed by atoms with Crippen LogP contribution in [0.15, 0.2) is 18.6 Å². The monoisotopic (exact) mass is 273 g/mol. The number of aryl methyl sites for hydroxylation is 2. The van der Waals surface area contributed by atoms with E-state index in [1.54, 1.807) is 0 Å². The summed E-state index contributed by atoms with van der Waals surface area (Å²) >= 11 is 0. The molecule has 20 heavy (non-hydrogen) atoms. The number of hydrogen-bond acceptors (Lipinski definition) is 3. The summed E-state index contributed by atoms with van der Waals surface area (Å²) in [6, 6.07) is 0.629. The molecule has 0 spiro atoms.